The second-order valence-corrected chi connectivity index (χ2v) is 3.71. The Morgan fingerprint density at radius 3 is 2.88 bits per heavy atom. The van der Waals surface area contributed by atoms with Crippen molar-refractivity contribution in [2.45, 2.75) is 6.42 Å². The van der Waals surface area contributed by atoms with Crippen LogP contribution in [0.15, 0.2) is 34.9 Å². The summed E-state index contributed by atoms with van der Waals surface area (Å²) in [6.07, 6.45) is 0.773. The normalized spacial score (nSPS) is 14.4. The third-order valence-electron chi connectivity index (χ3n) is 2.70. The number of nitrogens with zero attached hydrogens (tertiary/aromatic N) is 1. The minimum absolute atomic E-state index is 0.146. The third kappa shape index (κ3) is 1.31. The van der Waals surface area contributed by atoms with E-state index in [1.807, 2.05) is 30.3 Å². The molecule has 80 valence electrons. The molecule has 4 nitrogen and oxygen atoms in total. The summed E-state index contributed by atoms with van der Waals surface area (Å²) in [4.78, 5) is 11.5. The van der Waals surface area contributed by atoms with E-state index in [4.69, 9.17) is 4.52 Å². The van der Waals surface area contributed by atoms with E-state index in [0.29, 0.717) is 18.0 Å². The van der Waals surface area contributed by atoms with Gasteiger partial charge in [0.25, 0.3) is 5.91 Å². The molecule has 0 unspecified atom stereocenters. The number of fused-ring (bicyclic) bond motifs is 1. The second-order valence-electron chi connectivity index (χ2n) is 3.71. The van der Waals surface area contributed by atoms with Crippen molar-refractivity contribution >= 4 is 5.91 Å². The molecule has 2 heterocycles. The summed E-state index contributed by atoms with van der Waals surface area (Å²) in [7, 11) is 0. The SMILES string of the molecule is O=C1NCCc2c1noc2-c1ccccc1. The molecule has 0 fully saturated rings. The van der Waals surface area contributed by atoms with Gasteiger partial charge in [0, 0.05) is 17.7 Å². The number of hydrogen-bond acceptors (Lipinski definition) is 3. The molecule has 2 aromatic rings. The number of carbonyl (C=O) groups excluding carboxylic acids is 1. The smallest absolute Gasteiger partial charge is 0.273 e. The number of aromatic nitrogens is 1. The lowest BCUT2D eigenvalue weighted by Gasteiger charge is -2.10. The molecule has 0 spiro atoms. The Balaban J connectivity index is 2.13. The predicted molar refractivity (Wildman–Crippen MR) is 58.0 cm³/mol. The average Bonchev–Trinajstić information content (AvgIpc) is 2.75. The molecule has 0 aliphatic carbocycles. The lowest BCUT2D eigenvalue weighted by atomic mass is 10.0. The minimum atomic E-state index is -0.146. The molecule has 0 bridgehead atoms. The van der Waals surface area contributed by atoms with Crippen molar-refractivity contribution in [1.82, 2.24) is 10.5 Å². The van der Waals surface area contributed by atoms with Gasteiger partial charge in [-0.1, -0.05) is 35.5 Å². The first-order valence-corrected chi connectivity index (χ1v) is 5.18. The zero-order valence-electron chi connectivity index (χ0n) is 8.56. The molecule has 16 heavy (non-hydrogen) atoms. The highest BCUT2D eigenvalue weighted by molar-refractivity contribution is 5.96. The van der Waals surface area contributed by atoms with Gasteiger partial charge < -0.3 is 9.84 Å². The van der Waals surface area contributed by atoms with E-state index >= 15 is 0 Å². The molecule has 1 aliphatic rings. The monoisotopic (exact) mass is 214 g/mol. The minimum Gasteiger partial charge on any atom is -0.355 e. The zero-order valence-corrected chi connectivity index (χ0v) is 8.56. The van der Waals surface area contributed by atoms with E-state index < -0.39 is 0 Å². The average molecular weight is 214 g/mol. The molecular formula is C12H10N2O2. The van der Waals surface area contributed by atoms with Crippen LogP contribution in [0.3, 0.4) is 0 Å². The van der Waals surface area contributed by atoms with Gasteiger partial charge >= 0.3 is 0 Å². The van der Waals surface area contributed by atoms with E-state index in [1.165, 1.54) is 0 Å². The van der Waals surface area contributed by atoms with E-state index in [2.05, 4.69) is 10.5 Å². The Labute approximate surface area is 92.3 Å². The summed E-state index contributed by atoms with van der Waals surface area (Å²) in [5.41, 5.74) is 2.30. The van der Waals surface area contributed by atoms with Crippen LogP contribution in [0, 0.1) is 0 Å². The van der Waals surface area contributed by atoms with Gasteiger partial charge in [-0.05, 0) is 6.42 Å². The van der Waals surface area contributed by atoms with Crippen LogP contribution < -0.4 is 5.32 Å². The quantitative estimate of drug-likeness (QED) is 0.784. The number of amides is 1. The van der Waals surface area contributed by atoms with Gasteiger partial charge in [-0.25, -0.2) is 0 Å². The van der Waals surface area contributed by atoms with Crippen molar-refractivity contribution in [1.29, 1.82) is 0 Å². The van der Waals surface area contributed by atoms with Crippen LogP contribution in [0.1, 0.15) is 16.1 Å². The molecule has 0 radical (unpaired) electrons. The third-order valence-corrected chi connectivity index (χ3v) is 2.70. The van der Waals surface area contributed by atoms with Gasteiger partial charge in [-0.15, -0.1) is 0 Å². The Bertz CT molecular complexity index is 531. The first-order valence-electron chi connectivity index (χ1n) is 5.18. The fourth-order valence-corrected chi connectivity index (χ4v) is 1.92. The van der Waals surface area contributed by atoms with E-state index in [0.717, 1.165) is 17.5 Å². The molecule has 3 rings (SSSR count). The highest BCUT2D eigenvalue weighted by Gasteiger charge is 2.25. The zero-order chi connectivity index (χ0) is 11.0. The molecule has 1 aliphatic heterocycles. The highest BCUT2D eigenvalue weighted by atomic mass is 16.5. The largest absolute Gasteiger partial charge is 0.355 e. The molecule has 1 aromatic heterocycles. The van der Waals surface area contributed by atoms with Crippen LogP contribution in [0.2, 0.25) is 0 Å². The summed E-state index contributed by atoms with van der Waals surface area (Å²) in [5.74, 6) is 0.567. The number of rotatable bonds is 1. The standard InChI is InChI=1S/C12H10N2O2/c15-12-10-9(6-7-13-12)11(16-14-10)8-4-2-1-3-5-8/h1-5H,6-7H2,(H,13,15). The van der Waals surface area contributed by atoms with Gasteiger partial charge in [0.2, 0.25) is 0 Å². The van der Waals surface area contributed by atoms with Crippen molar-refractivity contribution in [3.8, 4) is 11.3 Å². The summed E-state index contributed by atoms with van der Waals surface area (Å²) < 4.78 is 5.26. The number of carbonyl (C=O) groups is 1. The fraction of sp³-hybridized carbons (Fsp3) is 0.167. The maximum Gasteiger partial charge on any atom is 0.273 e. The fourth-order valence-electron chi connectivity index (χ4n) is 1.92. The highest BCUT2D eigenvalue weighted by Crippen LogP contribution is 2.27. The van der Waals surface area contributed by atoms with Gasteiger partial charge in [0.05, 0.1) is 0 Å². The molecule has 4 heteroatoms. The summed E-state index contributed by atoms with van der Waals surface area (Å²) in [6.45, 7) is 0.646. The first-order chi connectivity index (χ1) is 7.86. The van der Waals surface area contributed by atoms with Crippen molar-refractivity contribution in [2.75, 3.05) is 6.54 Å². The number of nitrogens with one attached hydrogen (secondary N) is 1. The van der Waals surface area contributed by atoms with Crippen LogP contribution in [0.5, 0.6) is 0 Å². The summed E-state index contributed by atoms with van der Waals surface area (Å²) >= 11 is 0. The van der Waals surface area contributed by atoms with Crippen molar-refractivity contribution < 1.29 is 9.32 Å². The first kappa shape index (κ1) is 9.15. The van der Waals surface area contributed by atoms with E-state index in [1.54, 1.807) is 0 Å². The van der Waals surface area contributed by atoms with Crippen LogP contribution in [-0.2, 0) is 6.42 Å². The van der Waals surface area contributed by atoms with Crippen LogP contribution >= 0.6 is 0 Å². The van der Waals surface area contributed by atoms with Crippen molar-refractivity contribution in [2.24, 2.45) is 0 Å². The lowest BCUT2D eigenvalue weighted by molar-refractivity contribution is 0.0937. The van der Waals surface area contributed by atoms with Crippen molar-refractivity contribution in [3.63, 3.8) is 0 Å². The number of benzene rings is 1. The maximum absolute atomic E-state index is 11.5. The molecule has 1 N–H and O–H groups in total. The molecule has 0 saturated heterocycles. The molecular weight excluding hydrogens is 204 g/mol. The van der Waals surface area contributed by atoms with Crippen LogP contribution in [-0.4, -0.2) is 17.6 Å². The summed E-state index contributed by atoms with van der Waals surface area (Å²) in [6, 6.07) is 9.72. The molecule has 1 amide bonds. The van der Waals surface area contributed by atoms with Gasteiger partial charge in [0.15, 0.2) is 11.5 Å². The Morgan fingerprint density at radius 2 is 2.06 bits per heavy atom. The maximum atomic E-state index is 11.5. The van der Waals surface area contributed by atoms with Gasteiger partial charge in [0.1, 0.15) is 0 Å². The van der Waals surface area contributed by atoms with E-state index in [9.17, 15) is 4.79 Å². The molecule has 1 aromatic carbocycles. The number of hydrogen-bond donors (Lipinski definition) is 1. The Morgan fingerprint density at radius 1 is 1.25 bits per heavy atom. The van der Waals surface area contributed by atoms with Gasteiger partial charge in [-0.3, -0.25) is 4.79 Å². The molecule has 0 saturated carbocycles. The van der Waals surface area contributed by atoms with Gasteiger partial charge in [-0.2, -0.15) is 0 Å². The Hall–Kier alpha value is -2.10. The van der Waals surface area contributed by atoms with Crippen LogP contribution in [0.25, 0.3) is 11.3 Å². The lowest BCUT2D eigenvalue weighted by Crippen LogP contribution is -2.31. The summed E-state index contributed by atoms with van der Waals surface area (Å²) in [5, 5.41) is 6.57. The Kier molecular flexibility index (Phi) is 1.99. The predicted octanol–water partition coefficient (Wildman–Crippen LogP) is 1.63. The second kappa shape index (κ2) is 3.48. The van der Waals surface area contributed by atoms with Crippen LogP contribution in [0.4, 0.5) is 0 Å². The van der Waals surface area contributed by atoms with E-state index in [-0.39, 0.29) is 5.91 Å². The molecule has 0 atom stereocenters. The topological polar surface area (TPSA) is 55.1 Å². The van der Waals surface area contributed by atoms with Crippen molar-refractivity contribution in [3.05, 3.63) is 41.6 Å².